The molecule has 3 aromatic rings. The van der Waals surface area contributed by atoms with Crippen molar-refractivity contribution in [3.05, 3.63) is 70.6 Å². The summed E-state index contributed by atoms with van der Waals surface area (Å²) in [5.41, 5.74) is 2.85. The molecule has 1 aromatic heterocycles. The third-order valence-electron chi connectivity index (χ3n) is 5.07. The van der Waals surface area contributed by atoms with Gasteiger partial charge in [-0.15, -0.1) is 0 Å². The number of carbonyl (C=O) groups is 1. The first-order chi connectivity index (χ1) is 13.4. The molecule has 1 unspecified atom stereocenters. The molecule has 0 N–H and O–H groups in total. The second-order valence-corrected chi connectivity index (χ2v) is 7.05. The summed E-state index contributed by atoms with van der Waals surface area (Å²) in [4.78, 5) is 18.2. The summed E-state index contributed by atoms with van der Waals surface area (Å²) in [6.07, 6.45) is 0.728. The van der Waals surface area contributed by atoms with E-state index >= 15 is 0 Å². The first-order valence-corrected chi connectivity index (χ1v) is 9.07. The van der Waals surface area contributed by atoms with Crippen LogP contribution in [0.3, 0.4) is 0 Å². The molecule has 1 aliphatic heterocycles. The number of carbonyl (C=O) groups excluding carboxylic acids is 1. The number of aromatic nitrogens is 2. The first-order valence-electron chi connectivity index (χ1n) is 9.07. The Balaban J connectivity index is 1.63. The number of hydrogen-bond donors (Lipinski definition) is 0. The van der Waals surface area contributed by atoms with Crippen molar-refractivity contribution >= 4 is 5.91 Å². The van der Waals surface area contributed by atoms with Crippen molar-refractivity contribution in [3.8, 4) is 11.4 Å². The van der Waals surface area contributed by atoms with Crippen LogP contribution in [0, 0.1) is 25.5 Å². The van der Waals surface area contributed by atoms with Crippen molar-refractivity contribution in [2.75, 3.05) is 0 Å². The van der Waals surface area contributed by atoms with Crippen molar-refractivity contribution in [2.24, 2.45) is 0 Å². The van der Waals surface area contributed by atoms with Crippen LogP contribution in [-0.4, -0.2) is 20.9 Å². The third kappa shape index (κ3) is 3.28. The number of likely N-dealkylation sites (tertiary alicyclic amines) is 1. The van der Waals surface area contributed by atoms with Gasteiger partial charge >= 0.3 is 0 Å². The number of halogens is 2. The lowest BCUT2D eigenvalue weighted by Gasteiger charge is -2.22. The number of hydrogen-bond acceptors (Lipinski definition) is 4. The van der Waals surface area contributed by atoms with Gasteiger partial charge in [-0.1, -0.05) is 35.0 Å². The Morgan fingerprint density at radius 3 is 2.64 bits per heavy atom. The number of rotatable bonds is 4. The zero-order valence-electron chi connectivity index (χ0n) is 15.6. The molecule has 0 radical (unpaired) electrons. The molecule has 5 nitrogen and oxygen atoms in total. The maximum atomic E-state index is 14.0. The van der Waals surface area contributed by atoms with Crippen LogP contribution in [0.5, 0.6) is 0 Å². The lowest BCUT2D eigenvalue weighted by molar-refractivity contribution is -0.130. The second-order valence-electron chi connectivity index (χ2n) is 7.05. The molecule has 1 aliphatic rings. The van der Waals surface area contributed by atoms with Crippen LogP contribution in [0.4, 0.5) is 8.78 Å². The molecule has 2 aromatic carbocycles. The molecule has 0 bridgehead atoms. The van der Waals surface area contributed by atoms with Gasteiger partial charge in [0.2, 0.25) is 17.6 Å². The van der Waals surface area contributed by atoms with Gasteiger partial charge in [0.1, 0.15) is 17.7 Å². The minimum absolute atomic E-state index is 0.142. The Bertz CT molecular complexity index is 1030. The number of benzene rings is 2. The fourth-order valence-electron chi connectivity index (χ4n) is 3.59. The Morgan fingerprint density at radius 1 is 1.18 bits per heavy atom. The molecule has 1 amide bonds. The van der Waals surface area contributed by atoms with E-state index in [9.17, 15) is 13.6 Å². The van der Waals surface area contributed by atoms with Crippen LogP contribution in [0.15, 0.2) is 40.9 Å². The predicted molar refractivity (Wildman–Crippen MR) is 98.1 cm³/mol. The molecule has 28 heavy (non-hydrogen) atoms. The Kier molecular flexibility index (Phi) is 4.66. The van der Waals surface area contributed by atoms with E-state index in [2.05, 4.69) is 10.1 Å². The number of aryl methyl sites for hydroxylation is 2. The van der Waals surface area contributed by atoms with Gasteiger partial charge in [-0.25, -0.2) is 8.78 Å². The summed E-state index contributed by atoms with van der Waals surface area (Å²) in [6, 6.07) is 9.07. The lowest BCUT2D eigenvalue weighted by Crippen LogP contribution is -2.28. The summed E-state index contributed by atoms with van der Waals surface area (Å²) in [7, 11) is 0. The molecule has 144 valence electrons. The maximum absolute atomic E-state index is 14.0. The molecule has 2 heterocycles. The highest BCUT2D eigenvalue weighted by molar-refractivity contribution is 5.79. The molecular formula is C21H19F2N3O2. The smallest absolute Gasteiger partial charge is 0.249 e. The minimum atomic E-state index is -0.681. The Morgan fingerprint density at radius 2 is 1.93 bits per heavy atom. The summed E-state index contributed by atoms with van der Waals surface area (Å²) < 4.78 is 33.5. The summed E-state index contributed by atoms with van der Waals surface area (Å²) in [5.74, 6) is -0.847. The zero-order chi connectivity index (χ0) is 19.8. The summed E-state index contributed by atoms with van der Waals surface area (Å²) >= 11 is 0. The fourth-order valence-corrected chi connectivity index (χ4v) is 3.59. The molecule has 0 aliphatic carbocycles. The van der Waals surface area contributed by atoms with Gasteiger partial charge in [-0.05, 0) is 38.0 Å². The zero-order valence-corrected chi connectivity index (χ0v) is 15.6. The van der Waals surface area contributed by atoms with Crippen molar-refractivity contribution < 1.29 is 18.1 Å². The molecule has 1 saturated heterocycles. The predicted octanol–water partition coefficient (Wildman–Crippen LogP) is 4.50. The molecule has 0 saturated carbocycles. The van der Waals surface area contributed by atoms with E-state index in [1.54, 1.807) is 0 Å². The topological polar surface area (TPSA) is 59.2 Å². The Labute approximate surface area is 161 Å². The van der Waals surface area contributed by atoms with Crippen molar-refractivity contribution in [1.82, 2.24) is 15.0 Å². The third-order valence-corrected chi connectivity index (χ3v) is 5.07. The normalized spacial score (nSPS) is 16.8. The van der Waals surface area contributed by atoms with Gasteiger partial charge in [0, 0.05) is 17.5 Å². The van der Waals surface area contributed by atoms with Gasteiger partial charge in [0.25, 0.3) is 0 Å². The molecule has 1 fully saturated rings. The lowest BCUT2D eigenvalue weighted by atomic mass is 10.1. The van der Waals surface area contributed by atoms with Crippen molar-refractivity contribution in [3.63, 3.8) is 0 Å². The van der Waals surface area contributed by atoms with Gasteiger partial charge in [0.05, 0.1) is 6.54 Å². The van der Waals surface area contributed by atoms with Crippen molar-refractivity contribution in [2.45, 2.75) is 39.3 Å². The summed E-state index contributed by atoms with van der Waals surface area (Å²) in [5, 5.41) is 4.05. The number of amides is 1. The highest BCUT2D eigenvalue weighted by Crippen LogP contribution is 2.35. The number of nitrogens with zero attached hydrogens (tertiary/aromatic N) is 3. The van der Waals surface area contributed by atoms with Crippen molar-refractivity contribution in [1.29, 1.82) is 0 Å². The second kappa shape index (κ2) is 7.14. The van der Waals surface area contributed by atoms with Crippen LogP contribution in [0.25, 0.3) is 11.4 Å². The monoisotopic (exact) mass is 383 g/mol. The van der Waals surface area contributed by atoms with Crippen LogP contribution in [-0.2, 0) is 11.3 Å². The Hall–Kier alpha value is -3.09. The fraction of sp³-hybridized carbons (Fsp3) is 0.286. The largest absolute Gasteiger partial charge is 0.337 e. The van der Waals surface area contributed by atoms with Crippen LogP contribution in [0.1, 0.15) is 41.5 Å². The van der Waals surface area contributed by atoms with E-state index in [0.717, 1.165) is 16.7 Å². The maximum Gasteiger partial charge on any atom is 0.249 e. The van der Waals surface area contributed by atoms with Gasteiger partial charge < -0.3 is 9.42 Å². The van der Waals surface area contributed by atoms with E-state index in [4.69, 9.17) is 4.52 Å². The molecule has 7 heteroatoms. The first kappa shape index (κ1) is 18.3. The highest BCUT2D eigenvalue weighted by Gasteiger charge is 2.37. The molecule has 0 spiro atoms. The van der Waals surface area contributed by atoms with E-state index < -0.39 is 17.7 Å². The SMILES string of the molecule is Cc1ccc(-c2noc(C3CCC(=O)N3Cc3c(F)cccc3F)n2)c(C)c1. The van der Waals surface area contributed by atoms with Crippen LogP contribution in [0.2, 0.25) is 0 Å². The van der Waals surface area contributed by atoms with Gasteiger partial charge in [0.15, 0.2) is 0 Å². The standard InChI is InChI=1S/C21H19F2N3O2/c1-12-6-7-14(13(2)10-12)20-24-21(28-25-20)18-8-9-19(27)26(18)11-15-16(22)4-3-5-17(15)23/h3-7,10,18H,8-9,11H2,1-2H3. The van der Waals surface area contributed by atoms with Crippen LogP contribution < -0.4 is 0 Å². The molecule has 1 atom stereocenters. The van der Waals surface area contributed by atoms with Gasteiger partial charge in [-0.3, -0.25) is 4.79 Å². The average Bonchev–Trinajstić information content (AvgIpc) is 3.25. The quantitative estimate of drug-likeness (QED) is 0.666. The van der Waals surface area contributed by atoms with E-state index in [0.29, 0.717) is 12.2 Å². The molecular weight excluding hydrogens is 364 g/mol. The summed E-state index contributed by atoms with van der Waals surface area (Å²) in [6.45, 7) is 3.79. The van der Waals surface area contributed by atoms with Crippen LogP contribution >= 0.6 is 0 Å². The van der Waals surface area contributed by atoms with E-state index in [1.807, 2.05) is 32.0 Å². The highest BCUT2D eigenvalue weighted by atomic mass is 19.1. The van der Waals surface area contributed by atoms with Gasteiger partial charge in [-0.2, -0.15) is 4.98 Å². The minimum Gasteiger partial charge on any atom is -0.337 e. The van der Waals surface area contributed by atoms with E-state index in [1.165, 1.54) is 23.1 Å². The molecule has 4 rings (SSSR count). The van der Waals surface area contributed by atoms with E-state index in [-0.39, 0.29) is 30.3 Å². The average molecular weight is 383 g/mol.